The van der Waals surface area contributed by atoms with Crippen LogP contribution in [0.1, 0.15) is 54.6 Å². The highest BCUT2D eigenvalue weighted by Crippen LogP contribution is 2.59. The van der Waals surface area contributed by atoms with Gasteiger partial charge in [-0.2, -0.15) is 0 Å². The summed E-state index contributed by atoms with van der Waals surface area (Å²) in [4.78, 5) is 17.4. The van der Waals surface area contributed by atoms with E-state index in [2.05, 4.69) is 20.9 Å². The van der Waals surface area contributed by atoms with Crippen LogP contribution in [-0.2, 0) is 13.5 Å². The largest absolute Gasteiger partial charge is 0.384 e. The monoisotopic (exact) mass is 469 g/mol. The molecule has 1 aromatic heterocycles. The van der Waals surface area contributed by atoms with Gasteiger partial charge in [0.25, 0.3) is 5.91 Å². The number of halogens is 1. The third-order valence-corrected chi connectivity index (χ3v) is 8.28. The molecule has 6 nitrogen and oxygen atoms in total. The minimum Gasteiger partial charge on any atom is -0.384 e. The van der Waals surface area contributed by atoms with E-state index in [9.17, 15) is 4.79 Å². The van der Waals surface area contributed by atoms with Gasteiger partial charge < -0.3 is 20.5 Å². The number of hydrogen-bond acceptors (Lipinski definition) is 4. The van der Waals surface area contributed by atoms with Gasteiger partial charge in [0.2, 0.25) is 0 Å². The molecule has 4 bridgehead atoms. The Labute approximate surface area is 201 Å². The van der Waals surface area contributed by atoms with Crippen molar-refractivity contribution < 1.29 is 4.79 Å². The molecule has 4 aliphatic rings. The molecule has 4 fully saturated rings. The van der Waals surface area contributed by atoms with Crippen LogP contribution in [0.15, 0.2) is 30.7 Å². The van der Waals surface area contributed by atoms with Crippen LogP contribution in [0, 0.1) is 23.2 Å². The van der Waals surface area contributed by atoms with E-state index in [1.165, 1.54) is 38.5 Å². The van der Waals surface area contributed by atoms with Crippen LogP contribution in [0.5, 0.6) is 0 Å². The lowest BCUT2D eigenvalue weighted by Gasteiger charge is -2.56. The highest BCUT2D eigenvalue weighted by atomic mass is 35.5. The first-order chi connectivity index (χ1) is 16.0. The highest BCUT2D eigenvalue weighted by Gasteiger charge is 2.50. The van der Waals surface area contributed by atoms with E-state index in [0.29, 0.717) is 16.0 Å². The Morgan fingerprint density at radius 2 is 1.85 bits per heavy atom. The Kier molecular flexibility index (Phi) is 6.66. The average Bonchev–Trinajstić information content (AvgIpc) is 3.19. The summed E-state index contributed by atoms with van der Waals surface area (Å²) in [6.07, 6.45) is 12.9. The first-order valence-corrected chi connectivity index (χ1v) is 12.8. The zero-order valence-corrected chi connectivity index (χ0v) is 20.3. The molecule has 33 heavy (non-hydrogen) atoms. The van der Waals surface area contributed by atoms with Crippen LogP contribution in [0.3, 0.4) is 0 Å². The third kappa shape index (κ3) is 5.38. The van der Waals surface area contributed by atoms with Crippen LogP contribution in [0.25, 0.3) is 0 Å². The maximum absolute atomic E-state index is 13.0. The minimum absolute atomic E-state index is 0.0483. The lowest BCUT2D eigenvalue weighted by molar-refractivity contribution is -0.0503. The fourth-order valence-corrected chi connectivity index (χ4v) is 7.11. The quantitative estimate of drug-likeness (QED) is 0.454. The number of carbonyl (C=O) groups excluding carboxylic acids is 1. The van der Waals surface area contributed by atoms with Gasteiger partial charge in [0, 0.05) is 51.5 Å². The van der Waals surface area contributed by atoms with E-state index >= 15 is 0 Å². The van der Waals surface area contributed by atoms with Crippen molar-refractivity contribution >= 4 is 23.2 Å². The highest BCUT2D eigenvalue weighted by molar-refractivity contribution is 6.34. The second-order valence-electron chi connectivity index (χ2n) is 10.8. The van der Waals surface area contributed by atoms with Crippen molar-refractivity contribution in [2.75, 3.05) is 31.5 Å². The molecule has 7 heteroatoms. The third-order valence-electron chi connectivity index (χ3n) is 7.95. The molecule has 0 unspecified atom stereocenters. The van der Waals surface area contributed by atoms with Crippen molar-refractivity contribution in [1.29, 1.82) is 0 Å². The number of aromatic nitrogens is 2. The maximum atomic E-state index is 13.0. The molecule has 2 aromatic rings. The van der Waals surface area contributed by atoms with E-state index in [1.807, 2.05) is 42.3 Å². The number of imidazole rings is 1. The number of benzene rings is 1. The normalized spacial score (nSPS) is 27.6. The predicted octanol–water partition coefficient (Wildman–Crippen LogP) is 4.26. The number of hydrogen-bond donors (Lipinski definition) is 3. The molecule has 4 saturated carbocycles. The summed E-state index contributed by atoms with van der Waals surface area (Å²) < 4.78 is 1.97. The number of aryl methyl sites for hydroxylation is 1. The van der Waals surface area contributed by atoms with Gasteiger partial charge >= 0.3 is 0 Å². The van der Waals surface area contributed by atoms with Crippen LogP contribution in [0.4, 0.5) is 5.69 Å². The maximum Gasteiger partial charge on any atom is 0.252 e. The zero-order valence-electron chi connectivity index (χ0n) is 19.6. The second kappa shape index (κ2) is 9.67. The summed E-state index contributed by atoms with van der Waals surface area (Å²) >= 11 is 6.40. The van der Waals surface area contributed by atoms with Gasteiger partial charge in [-0.25, -0.2) is 4.98 Å². The number of amides is 1. The van der Waals surface area contributed by atoms with Gasteiger partial charge in [0.15, 0.2) is 0 Å². The van der Waals surface area contributed by atoms with E-state index in [1.54, 1.807) is 0 Å². The standard InChI is InChI=1S/C26H36ClN5O/c1-32-15-22(31-17-32)4-5-28-6-7-29-21-2-3-24(27)23(11-21)25(33)30-16-26-12-18-8-19(13-26)10-20(9-18)14-26/h2-3,11,15,17-20,28-29H,4-10,12-14,16H2,1H3,(H,30,33). The smallest absolute Gasteiger partial charge is 0.252 e. The van der Waals surface area contributed by atoms with Crippen LogP contribution in [0.2, 0.25) is 5.02 Å². The molecule has 4 aliphatic carbocycles. The summed E-state index contributed by atoms with van der Waals surface area (Å²) in [5.41, 5.74) is 2.91. The van der Waals surface area contributed by atoms with Gasteiger partial charge in [-0.05, 0) is 79.9 Å². The number of nitrogens with zero attached hydrogens (tertiary/aromatic N) is 2. The molecule has 0 aliphatic heterocycles. The second-order valence-corrected chi connectivity index (χ2v) is 11.2. The average molecular weight is 470 g/mol. The van der Waals surface area contributed by atoms with Gasteiger partial charge in [0.05, 0.1) is 22.6 Å². The number of rotatable bonds is 10. The Bertz CT molecular complexity index is 952. The molecule has 0 radical (unpaired) electrons. The molecule has 0 saturated heterocycles. The van der Waals surface area contributed by atoms with Gasteiger partial charge in [-0.3, -0.25) is 4.79 Å². The lowest BCUT2D eigenvalue weighted by atomic mass is 9.49. The Balaban J connectivity index is 1.08. The van der Waals surface area contributed by atoms with Crippen molar-refractivity contribution in [3.05, 3.63) is 47.0 Å². The summed E-state index contributed by atoms with van der Waals surface area (Å²) in [5, 5.41) is 10.6. The molecule has 3 N–H and O–H groups in total. The van der Waals surface area contributed by atoms with E-state index in [0.717, 1.165) is 61.7 Å². The summed E-state index contributed by atoms with van der Waals surface area (Å²) in [5.74, 6) is 2.62. The van der Waals surface area contributed by atoms with Crippen molar-refractivity contribution in [2.45, 2.75) is 44.9 Å². The molecule has 0 spiro atoms. The van der Waals surface area contributed by atoms with Crippen molar-refractivity contribution in [3.63, 3.8) is 0 Å². The van der Waals surface area contributed by atoms with Crippen LogP contribution >= 0.6 is 11.6 Å². The number of anilines is 1. The molecule has 1 heterocycles. The number of nitrogens with one attached hydrogen (secondary N) is 3. The Morgan fingerprint density at radius 3 is 2.52 bits per heavy atom. The van der Waals surface area contributed by atoms with Gasteiger partial charge in [0.1, 0.15) is 0 Å². The van der Waals surface area contributed by atoms with E-state index < -0.39 is 0 Å². The fraction of sp³-hybridized carbons (Fsp3) is 0.615. The zero-order chi connectivity index (χ0) is 22.8. The first-order valence-electron chi connectivity index (χ1n) is 12.5. The van der Waals surface area contributed by atoms with Gasteiger partial charge in [-0.1, -0.05) is 11.6 Å². The summed E-state index contributed by atoms with van der Waals surface area (Å²) in [6, 6.07) is 5.63. The van der Waals surface area contributed by atoms with Gasteiger partial charge in [-0.15, -0.1) is 0 Å². The first kappa shape index (κ1) is 22.7. The van der Waals surface area contributed by atoms with Crippen molar-refractivity contribution in [1.82, 2.24) is 20.2 Å². The summed E-state index contributed by atoms with van der Waals surface area (Å²) in [7, 11) is 1.98. The molecular weight excluding hydrogens is 434 g/mol. The molecule has 1 amide bonds. The fourth-order valence-electron chi connectivity index (χ4n) is 6.91. The minimum atomic E-state index is -0.0483. The van der Waals surface area contributed by atoms with Crippen LogP contribution in [-0.4, -0.2) is 41.6 Å². The van der Waals surface area contributed by atoms with E-state index in [-0.39, 0.29) is 5.91 Å². The molecule has 6 rings (SSSR count). The summed E-state index contributed by atoms with van der Waals surface area (Å²) in [6.45, 7) is 3.29. The Hall–Kier alpha value is -2.05. The van der Waals surface area contributed by atoms with Crippen molar-refractivity contribution in [3.8, 4) is 0 Å². The predicted molar refractivity (Wildman–Crippen MR) is 133 cm³/mol. The molecule has 178 valence electrons. The van der Waals surface area contributed by atoms with E-state index in [4.69, 9.17) is 11.6 Å². The SMILES string of the molecule is Cn1cnc(CCNCCNc2ccc(Cl)c(C(=O)NCC34CC5CC(CC(C5)C3)C4)c2)c1. The topological polar surface area (TPSA) is 71.0 Å². The molecule has 0 atom stereocenters. The molecule has 1 aromatic carbocycles. The number of carbonyl (C=O) groups is 1. The van der Waals surface area contributed by atoms with Crippen molar-refractivity contribution in [2.24, 2.45) is 30.2 Å². The molecular formula is C26H36ClN5O. The lowest BCUT2D eigenvalue weighted by Crippen LogP contribution is -2.51. The Morgan fingerprint density at radius 1 is 1.12 bits per heavy atom. The van der Waals surface area contributed by atoms with Crippen LogP contribution < -0.4 is 16.0 Å².